The second kappa shape index (κ2) is 9.64. The number of ether oxygens (including phenoxy) is 1. The van der Waals surface area contributed by atoms with Crippen molar-refractivity contribution in [1.82, 2.24) is 25.1 Å². The van der Waals surface area contributed by atoms with Crippen LogP contribution in [0.4, 0.5) is 17.6 Å². The summed E-state index contributed by atoms with van der Waals surface area (Å²) in [6, 6.07) is 7.26. The minimum Gasteiger partial charge on any atom is -0.481 e. The zero-order valence-corrected chi connectivity index (χ0v) is 19.6. The van der Waals surface area contributed by atoms with E-state index < -0.39 is 29.0 Å². The van der Waals surface area contributed by atoms with Gasteiger partial charge in [-0.15, -0.1) is 0 Å². The number of benzene rings is 1. The maximum atomic E-state index is 13.5. The Balaban J connectivity index is 1.31. The van der Waals surface area contributed by atoms with Crippen molar-refractivity contribution in [2.75, 3.05) is 7.11 Å². The van der Waals surface area contributed by atoms with E-state index in [1.54, 1.807) is 23.0 Å². The fraction of sp³-hybridized carbons (Fsp3) is 0.231. The number of carbonyl (C=O) groups is 1. The van der Waals surface area contributed by atoms with Gasteiger partial charge in [0.05, 0.1) is 29.6 Å². The molecule has 37 heavy (non-hydrogen) atoms. The second-order valence-electron chi connectivity index (χ2n) is 8.61. The lowest BCUT2D eigenvalue weighted by molar-refractivity contribution is -0.137. The highest BCUT2D eigenvalue weighted by molar-refractivity contribution is 5.92. The number of methoxy groups -OCH3 is 1. The van der Waals surface area contributed by atoms with Crippen molar-refractivity contribution in [1.29, 1.82) is 0 Å². The van der Waals surface area contributed by atoms with Gasteiger partial charge in [-0.2, -0.15) is 18.3 Å². The van der Waals surface area contributed by atoms with Crippen LogP contribution in [-0.4, -0.2) is 38.8 Å². The minimum absolute atomic E-state index is 0.232. The van der Waals surface area contributed by atoms with Crippen LogP contribution in [0.2, 0.25) is 0 Å². The predicted octanol–water partition coefficient (Wildman–Crippen LogP) is 4.67. The average molecular weight is 511 g/mol. The van der Waals surface area contributed by atoms with Gasteiger partial charge in [-0.05, 0) is 66.8 Å². The Morgan fingerprint density at radius 3 is 2.84 bits per heavy atom. The molecule has 1 atom stereocenters. The molecule has 0 saturated carbocycles. The van der Waals surface area contributed by atoms with E-state index in [4.69, 9.17) is 9.84 Å². The summed E-state index contributed by atoms with van der Waals surface area (Å²) in [5, 5.41) is 7.52. The first-order chi connectivity index (χ1) is 17.7. The number of rotatable bonds is 5. The Morgan fingerprint density at radius 1 is 1.22 bits per heavy atom. The monoisotopic (exact) mass is 511 g/mol. The normalized spacial score (nSPS) is 15.6. The molecule has 1 N–H and O–H groups in total. The number of halogens is 4. The van der Waals surface area contributed by atoms with E-state index in [0.29, 0.717) is 42.2 Å². The Bertz CT molecular complexity index is 1510. The molecule has 0 aliphatic heterocycles. The molecular formula is C26H21F4N5O2. The van der Waals surface area contributed by atoms with Gasteiger partial charge >= 0.3 is 6.18 Å². The second-order valence-corrected chi connectivity index (χ2v) is 8.61. The number of hydrogen-bond acceptors (Lipinski definition) is 5. The molecule has 0 spiro atoms. The number of pyridine rings is 2. The van der Waals surface area contributed by atoms with Gasteiger partial charge in [0.1, 0.15) is 11.3 Å². The van der Waals surface area contributed by atoms with Crippen LogP contribution < -0.4 is 10.1 Å². The summed E-state index contributed by atoms with van der Waals surface area (Å²) >= 11 is 0. The Hall–Kier alpha value is -4.28. The molecule has 4 aromatic rings. The van der Waals surface area contributed by atoms with Crippen LogP contribution in [0, 0.1) is 5.82 Å². The first-order valence-corrected chi connectivity index (χ1v) is 11.4. The molecule has 1 amide bonds. The van der Waals surface area contributed by atoms with Gasteiger partial charge in [0.25, 0.3) is 0 Å². The molecule has 1 unspecified atom stereocenters. The third-order valence-electron chi connectivity index (χ3n) is 6.15. The number of alkyl halides is 3. The summed E-state index contributed by atoms with van der Waals surface area (Å²) in [4.78, 5) is 21.3. The topological polar surface area (TPSA) is 81.9 Å². The van der Waals surface area contributed by atoms with E-state index in [0.717, 1.165) is 41.2 Å². The lowest BCUT2D eigenvalue weighted by Gasteiger charge is -2.21. The minimum atomic E-state index is -4.66. The molecule has 1 aromatic carbocycles. The third-order valence-corrected chi connectivity index (χ3v) is 6.15. The Morgan fingerprint density at radius 2 is 2.05 bits per heavy atom. The van der Waals surface area contributed by atoms with E-state index in [2.05, 4.69) is 15.3 Å². The molecule has 1 aliphatic rings. The van der Waals surface area contributed by atoms with Crippen LogP contribution in [-0.2, 0) is 23.8 Å². The van der Waals surface area contributed by atoms with Gasteiger partial charge in [-0.3, -0.25) is 9.78 Å². The van der Waals surface area contributed by atoms with Gasteiger partial charge in [-0.1, -0.05) is 0 Å². The van der Waals surface area contributed by atoms with E-state index in [-0.39, 0.29) is 6.04 Å². The van der Waals surface area contributed by atoms with E-state index in [9.17, 15) is 22.4 Å². The zero-order valence-electron chi connectivity index (χ0n) is 19.6. The van der Waals surface area contributed by atoms with Crippen LogP contribution in [0.25, 0.3) is 22.8 Å². The quantitative estimate of drug-likeness (QED) is 0.311. The van der Waals surface area contributed by atoms with E-state index >= 15 is 0 Å². The van der Waals surface area contributed by atoms with Crippen molar-refractivity contribution in [2.24, 2.45) is 0 Å². The number of nitrogens with zero attached hydrogens (tertiary/aromatic N) is 4. The predicted molar refractivity (Wildman–Crippen MR) is 128 cm³/mol. The largest absolute Gasteiger partial charge is 0.481 e. The summed E-state index contributed by atoms with van der Waals surface area (Å²) in [5.74, 6) is -0.926. The first kappa shape index (κ1) is 24.4. The van der Waals surface area contributed by atoms with Crippen LogP contribution in [0.15, 0.2) is 54.9 Å². The standard InChI is InChI=1S/C26H21F4N5O2/c1-37-24-9-7-21-25(33-24)22(10-11-31-21)35-14-16-13-18(4-6-20(16)34-35)32-23(36)8-2-15-12-17(27)3-5-19(15)26(28,29)30/h2-3,5,7-12,14,18H,4,6,13H2,1H3,(H,32,36). The van der Waals surface area contributed by atoms with Gasteiger partial charge in [0, 0.05) is 30.6 Å². The molecule has 7 nitrogen and oxygen atoms in total. The van der Waals surface area contributed by atoms with Crippen molar-refractivity contribution in [3.05, 3.63) is 83.1 Å². The van der Waals surface area contributed by atoms with Crippen LogP contribution in [0.3, 0.4) is 0 Å². The number of carbonyl (C=O) groups excluding carboxylic acids is 1. The van der Waals surface area contributed by atoms with Crippen molar-refractivity contribution >= 4 is 23.0 Å². The molecule has 11 heteroatoms. The molecule has 0 bridgehead atoms. The molecule has 0 saturated heterocycles. The third kappa shape index (κ3) is 5.16. The average Bonchev–Trinajstić information content (AvgIpc) is 3.29. The molecular weight excluding hydrogens is 490 g/mol. The number of aryl methyl sites for hydroxylation is 1. The lowest BCUT2D eigenvalue weighted by Crippen LogP contribution is -2.37. The summed E-state index contributed by atoms with van der Waals surface area (Å²) in [6.45, 7) is 0. The SMILES string of the molecule is COc1ccc2nccc(-n3cc4c(n3)CCC(NC(=O)C=Cc3cc(F)ccc3C(F)(F)F)C4)c2n1. The van der Waals surface area contributed by atoms with Crippen LogP contribution in [0.1, 0.15) is 28.8 Å². The number of amides is 1. The van der Waals surface area contributed by atoms with Gasteiger partial charge < -0.3 is 10.1 Å². The van der Waals surface area contributed by atoms with Gasteiger partial charge in [0.15, 0.2) is 0 Å². The highest BCUT2D eigenvalue weighted by atomic mass is 19.4. The molecule has 0 fully saturated rings. The van der Waals surface area contributed by atoms with Crippen molar-refractivity contribution < 1.29 is 27.1 Å². The summed E-state index contributed by atoms with van der Waals surface area (Å²) in [6.07, 6.45) is 2.58. The van der Waals surface area contributed by atoms with E-state index in [1.165, 1.54) is 7.11 Å². The lowest BCUT2D eigenvalue weighted by atomic mass is 9.93. The van der Waals surface area contributed by atoms with Crippen molar-refractivity contribution in [3.8, 4) is 11.6 Å². The van der Waals surface area contributed by atoms with E-state index in [1.807, 2.05) is 12.3 Å². The number of hydrogen-bond donors (Lipinski definition) is 1. The molecule has 5 rings (SSSR count). The number of aromatic nitrogens is 4. The number of fused-ring (bicyclic) bond motifs is 2. The van der Waals surface area contributed by atoms with Crippen LogP contribution >= 0.6 is 0 Å². The molecule has 3 heterocycles. The molecule has 0 radical (unpaired) electrons. The van der Waals surface area contributed by atoms with Gasteiger partial charge in [-0.25, -0.2) is 14.1 Å². The highest BCUT2D eigenvalue weighted by Crippen LogP contribution is 2.33. The molecule has 190 valence electrons. The van der Waals surface area contributed by atoms with Crippen molar-refractivity contribution in [2.45, 2.75) is 31.5 Å². The molecule has 1 aliphatic carbocycles. The van der Waals surface area contributed by atoms with Crippen molar-refractivity contribution in [3.63, 3.8) is 0 Å². The molecule has 3 aromatic heterocycles. The van der Waals surface area contributed by atoms with Gasteiger partial charge in [0.2, 0.25) is 11.8 Å². The summed E-state index contributed by atoms with van der Waals surface area (Å²) in [7, 11) is 1.54. The summed E-state index contributed by atoms with van der Waals surface area (Å²) < 4.78 is 60.0. The Kier molecular flexibility index (Phi) is 6.36. The Labute approximate surface area is 208 Å². The maximum Gasteiger partial charge on any atom is 0.416 e. The number of nitrogens with one attached hydrogen (secondary N) is 1. The first-order valence-electron chi connectivity index (χ1n) is 11.4. The maximum absolute atomic E-state index is 13.5. The van der Waals surface area contributed by atoms with Crippen LogP contribution in [0.5, 0.6) is 5.88 Å². The summed E-state index contributed by atoms with van der Waals surface area (Å²) in [5.41, 5.74) is 2.47. The highest BCUT2D eigenvalue weighted by Gasteiger charge is 2.33. The smallest absolute Gasteiger partial charge is 0.416 e. The fourth-order valence-corrected chi connectivity index (χ4v) is 4.39. The fourth-order valence-electron chi connectivity index (χ4n) is 4.39. The zero-order chi connectivity index (χ0) is 26.2.